The van der Waals surface area contributed by atoms with Crippen LogP contribution in [0.1, 0.15) is 13.8 Å². The van der Waals surface area contributed by atoms with Crippen molar-refractivity contribution >= 4 is 12.2 Å². The molecule has 14 heavy (non-hydrogen) atoms. The van der Waals surface area contributed by atoms with Gasteiger partial charge in [0.1, 0.15) is 12.1 Å². The van der Waals surface area contributed by atoms with Crippen LogP contribution in [0.4, 0.5) is 0 Å². The zero-order chi connectivity index (χ0) is 10.6. The number of aliphatic imine (C=N–C) groups is 2. The molecule has 0 saturated carbocycles. The van der Waals surface area contributed by atoms with Crippen LogP contribution in [0.2, 0.25) is 0 Å². The third-order valence-electron chi connectivity index (χ3n) is 2.37. The summed E-state index contributed by atoms with van der Waals surface area (Å²) < 4.78 is 0. The molecule has 0 aromatic heterocycles. The number of hydrogen-bond acceptors (Lipinski definition) is 4. The van der Waals surface area contributed by atoms with Crippen LogP contribution in [-0.4, -0.2) is 24.2 Å². The minimum absolute atomic E-state index is 0.259. The zero-order valence-electron chi connectivity index (χ0n) is 8.02. The molecule has 0 bridgehead atoms. The first-order chi connectivity index (χ1) is 6.70. The first-order valence-corrected chi connectivity index (χ1v) is 4.20. The van der Waals surface area contributed by atoms with E-state index in [1.807, 2.05) is 13.8 Å². The molecule has 0 fully saturated rings. The maximum absolute atomic E-state index is 10.1. The Bertz CT molecular complexity index is 347. The van der Waals surface area contributed by atoms with Gasteiger partial charge in [-0.2, -0.15) is 9.98 Å². The van der Waals surface area contributed by atoms with Crippen molar-refractivity contribution in [3.63, 3.8) is 0 Å². The van der Waals surface area contributed by atoms with Crippen LogP contribution in [-0.2, 0) is 9.59 Å². The highest BCUT2D eigenvalue weighted by molar-refractivity contribution is 5.44. The fourth-order valence-electron chi connectivity index (χ4n) is 1.36. The molecule has 4 heteroatoms. The summed E-state index contributed by atoms with van der Waals surface area (Å²) in [7, 11) is 0. The van der Waals surface area contributed by atoms with Gasteiger partial charge in [0.05, 0.1) is 0 Å². The Balaban J connectivity index is 3.03. The van der Waals surface area contributed by atoms with Crippen LogP contribution >= 0.6 is 0 Å². The number of rotatable bonds is 2. The molecule has 1 aliphatic carbocycles. The summed E-state index contributed by atoms with van der Waals surface area (Å²) in [6, 6.07) is -0.517. The van der Waals surface area contributed by atoms with Crippen LogP contribution in [0.3, 0.4) is 0 Å². The summed E-state index contributed by atoms with van der Waals surface area (Å²) in [4.78, 5) is 27.4. The van der Waals surface area contributed by atoms with E-state index in [0.717, 1.165) is 11.1 Å². The van der Waals surface area contributed by atoms with E-state index >= 15 is 0 Å². The minimum atomic E-state index is -0.259. The molecule has 0 aromatic rings. The van der Waals surface area contributed by atoms with Crippen molar-refractivity contribution in [2.45, 2.75) is 25.9 Å². The zero-order valence-corrected chi connectivity index (χ0v) is 8.02. The molecular formula is C10H10N2O2. The lowest BCUT2D eigenvalue weighted by Gasteiger charge is -2.19. The normalized spacial score (nSPS) is 25.3. The summed E-state index contributed by atoms with van der Waals surface area (Å²) in [6.07, 6.45) is 6.50. The van der Waals surface area contributed by atoms with Gasteiger partial charge in [0, 0.05) is 0 Å². The molecule has 4 nitrogen and oxygen atoms in total. The Morgan fingerprint density at radius 2 is 1.36 bits per heavy atom. The Morgan fingerprint density at radius 1 is 1.00 bits per heavy atom. The number of nitrogens with zero attached hydrogens (tertiary/aromatic N) is 2. The second kappa shape index (κ2) is 4.47. The molecule has 0 aliphatic heterocycles. The van der Waals surface area contributed by atoms with E-state index in [0.29, 0.717) is 0 Å². The van der Waals surface area contributed by atoms with Gasteiger partial charge in [0.15, 0.2) is 0 Å². The minimum Gasteiger partial charge on any atom is -0.211 e. The van der Waals surface area contributed by atoms with E-state index in [9.17, 15) is 9.59 Å². The van der Waals surface area contributed by atoms with E-state index in [1.54, 1.807) is 12.2 Å². The second-order valence-electron chi connectivity index (χ2n) is 3.08. The number of hydrogen-bond donors (Lipinski definition) is 0. The smallest absolute Gasteiger partial charge is 0.211 e. The van der Waals surface area contributed by atoms with Crippen molar-refractivity contribution in [2.75, 3.05) is 0 Å². The molecule has 2 atom stereocenters. The quantitative estimate of drug-likeness (QED) is 0.374. The molecule has 0 aromatic carbocycles. The van der Waals surface area contributed by atoms with E-state index in [1.165, 1.54) is 12.2 Å². The molecule has 0 radical (unpaired) electrons. The molecule has 0 N–H and O–H groups in total. The van der Waals surface area contributed by atoms with Gasteiger partial charge in [0.2, 0.25) is 12.2 Å². The van der Waals surface area contributed by atoms with Crippen LogP contribution in [0.25, 0.3) is 0 Å². The van der Waals surface area contributed by atoms with Crippen molar-refractivity contribution in [3.8, 4) is 0 Å². The molecule has 0 saturated heterocycles. The molecule has 1 aliphatic rings. The Morgan fingerprint density at radius 3 is 1.64 bits per heavy atom. The lowest BCUT2D eigenvalue weighted by atomic mass is 9.92. The monoisotopic (exact) mass is 190 g/mol. The van der Waals surface area contributed by atoms with Crippen LogP contribution < -0.4 is 0 Å². The van der Waals surface area contributed by atoms with E-state index in [4.69, 9.17) is 0 Å². The first-order valence-electron chi connectivity index (χ1n) is 4.20. The van der Waals surface area contributed by atoms with Crippen molar-refractivity contribution < 1.29 is 9.59 Å². The molecule has 72 valence electrons. The number of isocyanates is 2. The van der Waals surface area contributed by atoms with Gasteiger partial charge in [-0.3, -0.25) is 0 Å². The summed E-state index contributed by atoms with van der Waals surface area (Å²) in [5.41, 5.74) is 1.86. The van der Waals surface area contributed by atoms with E-state index in [2.05, 4.69) is 9.98 Å². The fraction of sp³-hybridized carbons (Fsp3) is 0.400. The Labute approximate surface area is 81.8 Å². The standard InChI is InChI=1S/C10H10N2O2/c1-7-8(2)10(12-6-14)4-3-9(7)11-5-13/h3-4,9-10H,1-2H3. The van der Waals surface area contributed by atoms with Gasteiger partial charge < -0.3 is 0 Å². The molecular weight excluding hydrogens is 180 g/mol. The molecule has 0 amide bonds. The van der Waals surface area contributed by atoms with Gasteiger partial charge in [-0.1, -0.05) is 12.2 Å². The van der Waals surface area contributed by atoms with Crippen LogP contribution in [0.5, 0.6) is 0 Å². The van der Waals surface area contributed by atoms with Gasteiger partial charge in [-0.15, -0.1) is 0 Å². The van der Waals surface area contributed by atoms with Gasteiger partial charge in [0.25, 0.3) is 0 Å². The Hall–Kier alpha value is -1.76. The third kappa shape index (κ3) is 1.94. The topological polar surface area (TPSA) is 58.9 Å². The Kier molecular flexibility index (Phi) is 3.29. The van der Waals surface area contributed by atoms with Gasteiger partial charge in [-0.05, 0) is 25.0 Å². The molecule has 0 spiro atoms. The lowest BCUT2D eigenvalue weighted by molar-refractivity contribution is 0.559. The molecule has 0 heterocycles. The summed E-state index contributed by atoms with van der Waals surface area (Å²) >= 11 is 0. The maximum Gasteiger partial charge on any atom is 0.235 e. The highest BCUT2D eigenvalue weighted by Gasteiger charge is 2.18. The van der Waals surface area contributed by atoms with Crippen molar-refractivity contribution in [2.24, 2.45) is 9.98 Å². The maximum atomic E-state index is 10.1. The largest absolute Gasteiger partial charge is 0.235 e. The SMILES string of the molecule is CC1=C(C)C(N=C=O)C=CC1N=C=O. The predicted molar refractivity (Wildman–Crippen MR) is 51.3 cm³/mol. The average Bonchev–Trinajstić information content (AvgIpc) is 2.18. The number of carbonyl (C=O) groups excluding carboxylic acids is 2. The van der Waals surface area contributed by atoms with E-state index < -0.39 is 0 Å². The van der Waals surface area contributed by atoms with Crippen molar-refractivity contribution in [1.29, 1.82) is 0 Å². The second-order valence-corrected chi connectivity index (χ2v) is 3.08. The highest BCUT2D eigenvalue weighted by Crippen LogP contribution is 2.23. The molecule has 1 rings (SSSR count). The lowest BCUT2D eigenvalue weighted by Crippen LogP contribution is -2.16. The first kappa shape index (κ1) is 10.3. The van der Waals surface area contributed by atoms with E-state index in [-0.39, 0.29) is 12.1 Å². The van der Waals surface area contributed by atoms with Gasteiger partial charge >= 0.3 is 0 Å². The summed E-state index contributed by atoms with van der Waals surface area (Å²) in [5.74, 6) is 0. The average molecular weight is 190 g/mol. The molecule has 2 unspecified atom stereocenters. The van der Waals surface area contributed by atoms with Crippen molar-refractivity contribution in [1.82, 2.24) is 0 Å². The third-order valence-corrected chi connectivity index (χ3v) is 2.37. The fourth-order valence-corrected chi connectivity index (χ4v) is 1.36. The summed E-state index contributed by atoms with van der Waals surface area (Å²) in [5, 5.41) is 0. The van der Waals surface area contributed by atoms with Gasteiger partial charge in [-0.25, -0.2) is 9.59 Å². The highest BCUT2D eigenvalue weighted by atomic mass is 16.1. The van der Waals surface area contributed by atoms with Crippen LogP contribution in [0, 0.1) is 0 Å². The predicted octanol–water partition coefficient (Wildman–Crippen LogP) is 1.30. The summed E-state index contributed by atoms with van der Waals surface area (Å²) in [6.45, 7) is 3.72. The van der Waals surface area contributed by atoms with Crippen LogP contribution in [0.15, 0.2) is 33.3 Å². The van der Waals surface area contributed by atoms with Crippen molar-refractivity contribution in [3.05, 3.63) is 23.3 Å².